The molecule has 0 radical (unpaired) electrons. The Morgan fingerprint density at radius 1 is 0.939 bits per heavy atom. The molecule has 8 heteroatoms. The summed E-state index contributed by atoms with van der Waals surface area (Å²) in [6.45, 7) is 0.346. The summed E-state index contributed by atoms with van der Waals surface area (Å²) in [4.78, 5) is 44.2. The molecule has 3 aliphatic rings. The summed E-state index contributed by atoms with van der Waals surface area (Å²) < 4.78 is 10.7. The molecular weight excluding hydrogens is 422 g/mol. The Labute approximate surface area is 189 Å². The maximum atomic E-state index is 13.5. The van der Waals surface area contributed by atoms with Gasteiger partial charge in [0.25, 0.3) is 5.91 Å². The van der Waals surface area contributed by atoms with Crippen LogP contribution in [0.4, 0.5) is 15.3 Å². The van der Waals surface area contributed by atoms with Gasteiger partial charge in [0.2, 0.25) is 0 Å². The number of nitrogens with zero attached hydrogens (tertiary/aromatic N) is 3. The van der Waals surface area contributed by atoms with Gasteiger partial charge in [0, 0.05) is 11.9 Å². The van der Waals surface area contributed by atoms with E-state index in [-0.39, 0.29) is 18.0 Å². The number of ether oxygens (including phenoxy) is 2. The van der Waals surface area contributed by atoms with Gasteiger partial charge in [-0.05, 0) is 42.1 Å². The quantitative estimate of drug-likeness (QED) is 0.578. The van der Waals surface area contributed by atoms with Gasteiger partial charge in [0.15, 0.2) is 0 Å². The summed E-state index contributed by atoms with van der Waals surface area (Å²) in [5.74, 6) is 0.756. The molecule has 3 aliphatic heterocycles. The van der Waals surface area contributed by atoms with Crippen LogP contribution < -0.4 is 14.4 Å². The maximum Gasteiger partial charge on any atom is 0.415 e. The third-order valence-electron chi connectivity index (χ3n) is 6.77. The second kappa shape index (κ2) is 7.23. The smallest absolute Gasteiger partial charge is 0.415 e. The lowest BCUT2D eigenvalue weighted by atomic mass is 10.1. The van der Waals surface area contributed by atoms with E-state index in [1.165, 1.54) is 4.90 Å². The summed E-state index contributed by atoms with van der Waals surface area (Å²) in [6, 6.07) is 18.3. The SMILES string of the molecule is COc1ccc(OC(=O)N2C[C@H]3CC2C2C(=O)N(c4cccc5ccccc45)C(=O)N23)cc1. The number of carbonyl (C=O) groups is 3. The van der Waals surface area contributed by atoms with Crippen LogP contribution in [0.5, 0.6) is 11.5 Å². The molecule has 8 nitrogen and oxygen atoms in total. The standard InChI is InChI=1S/C25H21N3O5/c1-32-17-9-11-18(12-10-17)33-25(31)26-14-16-13-21(26)22-23(29)28(24(30)27(16)22)20-8-4-6-15-5-2-3-7-19(15)20/h2-12,16,21-22H,13-14H2,1H3/t16-,21?,22?/m1/s1. The van der Waals surface area contributed by atoms with E-state index < -0.39 is 18.2 Å². The lowest BCUT2D eigenvalue weighted by Crippen LogP contribution is -2.55. The van der Waals surface area contributed by atoms with Crippen molar-refractivity contribution in [3.63, 3.8) is 0 Å². The largest absolute Gasteiger partial charge is 0.497 e. The molecule has 3 atom stereocenters. The lowest BCUT2D eigenvalue weighted by Gasteiger charge is -2.34. The summed E-state index contributed by atoms with van der Waals surface area (Å²) in [6.07, 6.45) is 0.0552. The molecule has 2 bridgehead atoms. The fraction of sp³-hybridized carbons (Fsp3) is 0.240. The monoisotopic (exact) mass is 443 g/mol. The van der Waals surface area contributed by atoms with Gasteiger partial charge in [0.1, 0.15) is 17.5 Å². The average Bonchev–Trinajstić information content (AvgIpc) is 3.51. The Morgan fingerprint density at radius 2 is 1.67 bits per heavy atom. The van der Waals surface area contributed by atoms with Crippen molar-refractivity contribution in [2.24, 2.45) is 0 Å². The van der Waals surface area contributed by atoms with Crippen molar-refractivity contribution in [2.45, 2.75) is 24.5 Å². The van der Waals surface area contributed by atoms with Crippen LogP contribution in [0, 0.1) is 0 Å². The van der Waals surface area contributed by atoms with Gasteiger partial charge in [-0.3, -0.25) is 4.79 Å². The zero-order valence-corrected chi connectivity index (χ0v) is 17.9. The topological polar surface area (TPSA) is 79.4 Å². The van der Waals surface area contributed by atoms with Crippen molar-refractivity contribution in [1.82, 2.24) is 9.80 Å². The van der Waals surface area contributed by atoms with E-state index in [9.17, 15) is 14.4 Å². The van der Waals surface area contributed by atoms with E-state index in [0.29, 0.717) is 30.2 Å². The van der Waals surface area contributed by atoms with Crippen LogP contribution in [0.1, 0.15) is 6.42 Å². The van der Waals surface area contributed by atoms with Crippen molar-refractivity contribution in [3.05, 3.63) is 66.7 Å². The first-order valence-corrected chi connectivity index (χ1v) is 10.8. The number of anilines is 1. The summed E-state index contributed by atoms with van der Waals surface area (Å²) >= 11 is 0. The molecule has 3 aromatic rings. The first kappa shape index (κ1) is 19.6. The molecule has 2 unspecified atom stereocenters. The van der Waals surface area contributed by atoms with Crippen molar-refractivity contribution in [2.75, 3.05) is 18.6 Å². The Morgan fingerprint density at radius 3 is 2.45 bits per heavy atom. The summed E-state index contributed by atoms with van der Waals surface area (Å²) in [7, 11) is 1.56. The van der Waals surface area contributed by atoms with Crippen LogP contribution in [-0.4, -0.2) is 59.6 Å². The molecule has 166 valence electrons. The number of hydrogen-bond donors (Lipinski definition) is 0. The molecule has 3 fully saturated rings. The predicted octanol–water partition coefficient (Wildman–Crippen LogP) is 3.64. The minimum absolute atomic E-state index is 0.208. The van der Waals surface area contributed by atoms with Gasteiger partial charge < -0.3 is 19.3 Å². The van der Waals surface area contributed by atoms with Crippen LogP contribution >= 0.6 is 0 Å². The van der Waals surface area contributed by atoms with Crippen molar-refractivity contribution in [3.8, 4) is 11.5 Å². The third-order valence-corrected chi connectivity index (χ3v) is 6.77. The van der Waals surface area contributed by atoms with Crippen LogP contribution in [0.3, 0.4) is 0 Å². The Kier molecular flexibility index (Phi) is 4.29. The number of amides is 4. The fourth-order valence-corrected chi connectivity index (χ4v) is 5.30. The molecule has 0 N–H and O–H groups in total. The molecular formula is C25H21N3O5. The molecule has 0 aromatic heterocycles. The number of methoxy groups -OCH3 is 1. The fourth-order valence-electron chi connectivity index (χ4n) is 5.30. The van der Waals surface area contributed by atoms with E-state index >= 15 is 0 Å². The van der Waals surface area contributed by atoms with Gasteiger partial charge in [-0.1, -0.05) is 36.4 Å². The first-order chi connectivity index (χ1) is 16.1. The van der Waals surface area contributed by atoms with Crippen LogP contribution in [0.15, 0.2) is 66.7 Å². The van der Waals surface area contributed by atoms with Gasteiger partial charge in [-0.2, -0.15) is 0 Å². The number of urea groups is 1. The van der Waals surface area contributed by atoms with Crippen molar-refractivity contribution < 1.29 is 23.9 Å². The average molecular weight is 443 g/mol. The zero-order valence-electron chi connectivity index (χ0n) is 17.9. The predicted molar refractivity (Wildman–Crippen MR) is 120 cm³/mol. The molecule has 3 heterocycles. The number of likely N-dealkylation sites (tertiary alicyclic amines) is 1. The molecule has 0 spiro atoms. The van der Waals surface area contributed by atoms with E-state index in [2.05, 4.69) is 0 Å². The van der Waals surface area contributed by atoms with E-state index in [4.69, 9.17) is 9.47 Å². The third kappa shape index (κ3) is 2.87. The maximum absolute atomic E-state index is 13.5. The van der Waals surface area contributed by atoms with Crippen molar-refractivity contribution >= 4 is 34.5 Å². The number of benzene rings is 3. The highest BCUT2D eigenvalue weighted by Gasteiger charge is 2.63. The summed E-state index contributed by atoms with van der Waals surface area (Å²) in [5.41, 5.74) is 0.573. The Hall–Kier alpha value is -4.07. The zero-order chi connectivity index (χ0) is 22.7. The number of imide groups is 1. The molecule has 4 amide bonds. The van der Waals surface area contributed by atoms with Gasteiger partial charge in [-0.15, -0.1) is 0 Å². The van der Waals surface area contributed by atoms with Crippen molar-refractivity contribution in [1.29, 1.82) is 0 Å². The van der Waals surface area contributed by atoms with Crippen LogP contribution in [0.25, 0.3) is 10.8 Å². The van der Waals surface area contributed by atoms with E-state index in [1.807, 2.05) is 36.4 Å². The Balaban J connectivity index is 1.27. The number of piperazine rings is 1. The molecule has 3 aromatic carbocycles. The summed E-state index contributed by atoms with van der Waals surface area (Å²) in [5, 5.41) is 1.79. The molecule has 0 saturated carbocycles. The normalized spacial score (nSPS) is 23.4. The van der Waals surface area contributed by atoms with Crippen LogP contribution in [-0.2, 0) is 4.79 Å². The molecule has 3 saturated heterocycles. The van der Waals surface area contributed by atoms with Gasteiger partial charge in [0.05, 0.1) is 24.9 Å². The Bertz CT molecular complexity index is 1290. The minimum Gasteiger partial charge on any atom is -0.497 e. The number of rotatable bonds is 3. The number of hydrogen-bond acceptors (Lipinski definition) is 5. The highest BCUT2D eigenvalue weighted by Crippen LogP contribution is 2.43. The first-order valence-electron chi connectivity index (χ1n) is 10.8. The lowest BCUT2D eigenvalue weighted by molar-refractivity contribution is -0.121. The molecule has 33 heavy (non-hydrogen) atoms. The van der Waals surface area contributed by atoms with Gasteiger partial charge >= 0.3 is 12.1 Å². The van der Waals surface area contributed by atoms with Gasteiger partial charge in [-0.25, -0.2) is 14.5 Å². The molecule has 0 aliphatic carbocycles. The van der Waals surface area contributed by atoms with E-state index in [0.717, 1.165) is 10.8 Å². The van der Waals surface area contributed by atoms with E-state index in [1.54, 1.807) is 47.2 Å². The van der Waals surface area contributed by atoms with Crippen LogP contribution in [0.2, 0.25) is 0 Å². The number of fused-ring (bicyclic) bond motifs is 6. The highest BCUT2D eigenvalue weighted by molar-refractivity contribution is 6.25. The molecule has 6 rings (SSSR count). The second-order valence-corrected chi connectivity index (χ2v) is 8.46. The second-order valence-electron chi connectivity index (χ2n) is 8.46. The number of carbonyl (C=O) groups excluding carboxylic acids is 3. The minimum atomic E-state index is -0.696. The highest BCUT2D eigenvalue weighted by atomic mass is 16.6.